The topological polar surface area (TPSA) is 73.9 Å². The molecule has 0 unspecified atom stereocenters. The lowest BCUT2D eigenvalue weighted by molar-refractivity contribution is 0.267. The molecule has 19 heavy (non-hydrogen) atoms. The second-order valence-electron chi connectivity index (χ2n) is 6.15. The molecule has 0 aliphatic heterocycles. The predicted octanol–water partition coefficient (Wildman–Crippen LogP) is 1.86. The van der Waals surface area contributed by atoms with Crippen LogP contribution in [0.15, 0.2) is 5.16 Å². The average Bonchev–Trinajstić information content (AvgIpc) is 2.35. The minimum atomic E-state index is -0.250. The van der Waals surface area contributed by atoms with Crippen molar-refractivity contribution in [2.45, 2.75) is 53.0 Å². The van der Waals surface area contributed by atoms with Crippen LogP contribution in [-0.4, -0.2) is 48.7 Å². The van der Waals surface area contributed by atoms with Crippen LogP contribution >= 0.6 is 0 Å². The molecule has 0 fully saturated rings. The normalized spacial score (nSPS) is 13.5. The highest BCUT2D eigenvalue weighted by Crippen LogP contribution is 2.19. The molecule has 0 aliphatic carbocycles. The molecule has 0 amide bonds. The van der Waals surface area contributed by atoms with Crippen LogP contribution in [0.1, 0.15) is 47.0 Å². The monoisotopic (exact) mass is 272 g/mol. The van der Waals surface area contributed by atoms with Crippen LogP contribution < -0.4 is 11.1 Å². The summed E-state index contributed by atoms with van der Waals surface area (Å²) in [7, 11) is 2.16. The van der Waals surface area contributed by atoms with Gasteiger partial charge in [0.05, 0.1) is 0 Å². The average molecular weight is 272 g/mol. The van der Waals surface area contributed by atoms with E-state index < -0.39 is 0 Å². The molecular weight excluding hydrogens is 240 g/mol. The first-order valence-corrected chi connectivity index (χ1v) is 7.20. The smallest absolute Gasteiger partial charge is 0.144 e. The molecule has 0 atom stereocenters. The zero-order valence-corrected chi connectivity index (χ0v) is 13.2. The maximum absolute atomic E-state index is 8.68. The van der Waals surface area contributed by atoms with Crippen LogP contribution in [0.3, 0.4) is 0 Å². The lowest BCUT2D eigenvalue weighted by atomic mass is 9.88. The number of rotatable bonds is 10. The lowest BCUT2D eigenvalue weighted by Crippen LogP contribution is -2.35. The summed E-state index contributed by atoms with van der Waals surface area (Å²) in [5.74, 6) is 0.299. The number of hydrogen-bond donors (Lipinski definition) is 3. The first-order valence-electron chi connectivity index (χ1n) is 7.20. The maximum atomic E-state index is 8.68. The van der Waals surface area contributed by atoms with Crippen molar-refractivity contribution in [1.29, 1.82) is 0 Å². The van der Waals surface area contributed by atoms with Crippen LogP contribution in [0.4, 0.5) is 0 Å². The Morgan fingerprint density at radius 1 is 1.32 bits per heavy atom. The van der Waals surface area contributed by atoms with Crippen molar-refractivity contribution in [1.82, 2.24) is 10.2 Å². The van der Waals surface area contributed by atoms with Gasteiger partial charge in [-0.2, -0.15) is 0 Å². The van der Waals surface area contributed by atoms with Gasteiger partial charge >= 0.3 is 0 Å². The Morgan fingerprint density at radius 2 is 1.95 bits per heavy atom. The molecule has 0 aromatic carbocycles. The minimum absolute atomic E-state index is 0.250. The molecule has 5 heteroatoms. The van der Waals surface area contributed by atoms with Gasteiger partial charge in [0.25, 0.3) is 0 Å². The fraction of sp³-hybridized carbons (Fsp3) is 0.929. The van der Waals surface area contributed by atoms with E-state index in [1.165, 1.54) is 12.8 Å². The third-order valence-corrected chi connectivity index (χ3v) is 3.72. The fourth-order valence-corrected chi connectivity index (χ4v) is 1.66. The molecule has 0 rings (SSSR count). The van der Waals surface area contributed by atoms with Gasteiger partial charge < -0.3 is 21.2 Å². The number of nitrogens with one attached hydrogen (secondary N) is 1. The van der Waals surface area contributed by atoms with Gasteiger partial charge in [0.15, 0.2) is 0 Å². The van der Waals surface area contributed by atoms with Gasteiger partial charge in [-0.3, -0.25) is 0 Å². The van der Waals surface area contributed by atoms with Gasteiger partial charge in [-0.05, 0) is 59.8 Å². The van der Waals surface area contributed by atoms with E-state index in [9.17, 15) is 0 Å². The minimum Gasteiger partial charge on any atom is -0.409 e. The number of oxime groups is 1. The van der Waals surface area contributed by atoms with E-state index in [0.29, 0.717) is 11.9 Å². The molecule has 0 aromatic rings. The summed E-state index contributed by atoms with van der Waals surface area (Å²) >= 11 is 0. The van der Waals surface area contributed by atoms with Crippen LogP contribution in [0, 0.1) is 5.41 Å². The van der Waals surface area contributed by atoms with Crippen LogP contribution in [-0.2, 0) is 0 Å². The summed E-state index contributed by atoms with van der Waals surface area (Å²) in [6.45, 7) is 11.5. The van der Waals surface area contributed by atoms with E-state index in [0.717, 1.165) is 26.1 Å². The molecule has 5 nitrogen and oxygen atoms in total. The Bertz CT molecular complexity index is 264. The molecule has 0 bridgehead atoms. The number of amidine groups is 1. The Labute approximate surface area is 118 Å². The summed E-state index contributed by atoms with van der Waals surface area (Å²) in [6.07, 6.45) is 3.27. The molecule has 0 aliphatic rings. The fourth-order valence-electron chi connectivity index (χ4n) is 1.66. The molecular formula is C14H32N4O. The molecule has 0 saturated carbocycles. The highest BCUT2D eigenvalue weighted by Gasteiger charge is 2.22. The number of nitrogens with two attached hydrogens (primary N) is 1. The standard InChI is InChI=1S/C14H32N4O/c1-12(2)18(5)11-7-6-9-16-10-8-14(3,4)13(15)17-19/h12,16,19H,6-11H2,1-5H3,(H2,15,17). The van der Waals surface area contributed by atoms with Crippen molar-refractivity contribution in [3.63, 3.8) is 0 Å². The third kappa shape index (κ3) is 8.06. The zero-order chi connectivity index (χ0) is 14.9. The van der Waals surface area contributed by atoms with E-state index in [2.05, 4.69) is 36.3 Å². The number of hydrogen-bond acceptors (Lipinski definition) is 4. The molecule has 114 valence electrons. The second kappa shape index (κ2) is 9.15. The lowest BCUT2D eigenvalue weighted by Gasteiger charge is -2.23. The van der Waals surface area contributed by atoms with Crippen molar-refractivity contribution in [3.8, 4) is 0 Å². The Balaban J connectivity index is 3.56. The van der Waals surface area contributed by atoms with E-state index in [4.69, 9.17) is 10.9 Å². The largest absolute Gasteiger partial charge is 0.409 e. The Morgan fingerprint density at radius 3 is 2.47 bits per heavy atom. The van der Waals surface area contributed by atoms with Crippen molar-refractivity contribution >= 4 is 5.84 Å². The highest BCUT2D eigenvalue weighted by atomic mass is 16.4. The SMILES string of the molecule is CC(C)N(C)CCCCNCCC(C)(C)C(N)=NO. The summed E-state index contributed by atoms with van der Waals surface area (Å²) in [5.41, 5.74) is 5.39. The molecule has 0 aromatic heterocycles. The predicted molar refractivity (Wildman–Crippen MR) is 81.7 cm³/mol. The Kier molecular flexibility index (Phi) is 8.76. The highest BCUT2D eigenvalue weighted by molar-refractivity contribution is 5.85. The molecule has 0 heterocycles. The maximum Gasteiger partial charge on any atom is 0.144 e. The molecule has 0 spiro atoms. The first kappa shape index (κ1) is 18.2. The summed E-state index contributed by atoms with van der Waals surface area (Å²) < 4.78 is 0. The summed E-state index contributed by atoms with van der Waals surface area (Å²) in [4.78, 5) is 2.36. The second-order valence-corrected chi connectivity index (χ2v) is 6.15. The molecule has 4 N–H and O–H groups in total. The van der Waals surface area contributed by atoms with Gasteiger partial charge in [-0.25, -0.2) is 0 Å². The molecule has 0 saturated heterocycles. The van der Waals surface area contributed by atoms with E-state index in [-0.39, 0.29) is 5.41 Å². The van der Waals surface area contributed by atoms with Crippen molar-refractivity contribution in [2.75, 3.05) is 26.7 Å². The summed E-state index contributed by atoms with van der Waals surface area (Å²) in [6, 6.07) is 0.620. The van der Waals surface area contributed by atoms with E-state index in [1.54, 1.807) is 0 Å². The van der Waals surface area contributed by atoms with Gasteiger partial charge in [0.1, 0.15) is 5.84 Å². The quantitative estimate of drug-likeness (QED) is 0.187. The van der Waals surface area contributed by atoms with Gasteiger partial charge in [-0.1, -0.05) is 19.0 Å². The molecule has 0 radical (unpaired) electrons. The number of unbranched alkanes of at least 4 members (excludes halogenated alkanes) is 1. The first-order chi connectivity index (χ1) is 8.81. The number of nitrogens with zero attached hydrogens (tertiary/aromatic N) is 2. The van der Waals surface area contributed by atoms with Crippen LogP contribution in [0.2, 0.25) is 0 Å². The third-order valence-electron chi connectivity index (χ3n) is 3.72. The van der Waals surface area contributed by atoms with Crippen molar-refractivity contribution < 1.29 is 5.21 Å². The van der Waals surface area contributed by atoms with Crippen molar-refractivity contribution in [3.05, 3.63) is 0 Å². The van der Waals surface area contributed by atoms with Crippen molar-refractivity contribution in [2.24, 2.45) is 16.3 Å². The zero-order valence-electron chi connectivity index (χ0n) is 13.2. The van der Waals surface area contributed by atoms with E-state index in [1.807, 2.05) is 13.8 Å². The summed E-state index contributed by atoms with van der Waals surface area (Å²) in [5, 5.41) is 15.2. The van der Waals surface area contributed by atoms with Crippen LogP contribution in [0.25, 0.3) is 0 Å². The van der Waals surface area contributed by atoms with Gasteiger partial charge in [0, 0.05) is 11.5 Å². The van der Waals surface area contributed by atoms with Crippen LogP contribution in [0.5, 0.6) is 0 Å². The Hall–Kier alpha value is -0.810. The van der Waals surface area contributed by atoms with Gasteiger partial charge in [0.2, 0.25) is 0 Å². The van der Waals surface area contributed by atoms with E-state index >= 15 is 0 Å². The van der Waals surface area contributed by atoms with Gasteiger partial charge in [-0.15, -0.1) is 0 Å².